The van der Waals surface area contributed by atoms with E-state index in [4.69, 9.17) is 4.42 Å². The summed E-state index contributed by atoms with van der Waals surface area (Å²) in [7, 11) is -3.70. The third-order valence-electron chi connectivity index (χ3n) is 5.26. The van der Waals surface area contributed by atoms with E-state index < -0.39 is 15.8 Å². The Morgan fingerprint density at radius 2 is 1.77 bits per heavy atom. The first-order chi connectivity index (χ1) is 17.0. The van der Waals surface area contributed by atoms with Crippen molar-refractivity contribution >= 4 is 21.8 Å². The second-order valence-corrected chi connectivity index (χ2v) is 9.40. The first-order valence-corrected chi connectivity index (χ1v) is 12.3. The van der Waals surface area contributed by atoms with Crippen molar-refractivity contribution in [1.82, 2.24) is 24.1 Å². The molecule has 0 amide bonds. The van der Waals surface area contributed by atoms with Gasteiger partial charge < -0.3 is 9.73 Å². The number of hydrogen-bond donors (Lipinski definition) is 2. The van der Waals surface area contributed by atoms with Crippen LogP contribution in [0.25, 0.3) is 28.5 Å². The normalized spacial score (nSPS) is 11.7. The Morgan fingerprint density at radius 3 is 2.57 bits per heavy atom. The number of fused-ring (bicyclic) bond motifs is 1. The number of aromatic nitrogens is 4. The summed E-state index contributed by atoms with van der Waals surface area (Å²) in [5.41, 5.74) is 3.11. The van der Waals surface area contributed by atoms with Gasteiger partial charge in [0.1, 0.15) is 23.5 Å². The lowest BCUT2D eigenvalue weighted by Crippen LogP contribution is -2.26. The molecule has 0 bridgehead atoms. The van der Waals surface area contributed by atoms with Crippen LogP contribution >= 0.6 is 0 Å². The predicted octanol–water partition coefficient (Wildman–Crippen LogP) is 3.97. The largest absolute Gasteiger partial charge is 0.432 e. The molecule has 35 heavy (non-hydrogen) atoms. The lowest BCUT2D eigenvalue weighted by Gasteiger charge is -2.09. The van der Waals surface area contributed by atoms with Crippen LogP contribution in [-0.2, 0) is 10.0 Å². The van der Waals surface area contributed by atoms with Crippen molar-refractivity contribution in [2.75, 3.05) is 18.4 Å². The Hall–Kier alpha value is -4.09. The van der Waals surface area contributed by atoms with Crippen LogP contribution in [-0.4, -0.2) is 40.9 Å². The maximum absolute atomic E-state index is 13.0. The quantitative estimate of drug-likeness (QED) is 0.299. The van der Waals surface area contributed by atoms with Gasteiger partial charge in [0, 0.05) is 31.0 Å². The summed E-state index contributed by atoms with van der Waals surface area (Å²) in [4.78, 5) is 13.5. The third-order valence-corrected chi connectivity index (χ3v) is 6.74. The highest BCUT2D eigenvalue weighted by Crippen LogP contribution is 2.32. The molecule has 11 heteroatoms. The van der Waals surface area contributed by atoms with Crippen LogP contribution < -0.4 is 10.0 Å². The van der Waals surface area contributed by atoms with E-state index in [0.29, 0.717) is 30.5 Å². The fourth-order valence-corrected chi connectivity index (χ4v) is 4.67. The molecule has 0 spiro atoms. The molecule has 0 unspecified atom stereocenters. The molecule has 178 valence electrons. The summed E-state index contributed by atoms with van der Waals surface area (Å²) >= 11 is 0. The highest BCUT2D eigenvalue weighted by molar-refractivity contribution is 7.89. The van der Waals surface area contributed by atoms with Gasteiger partial charge in [-0.2, -0.15) is 4.98 Å². The average molecular weight is 493 g/mol. The smallest absolute Gasteiger partial charge is 0.306 e. The zero-order valence-corrected chi connectivity index (χ0v) is 19.2. The number of hydrogen-bond acceptors (Lipinski definition) is 7. The Balaban J connectivity index is 1.26. The molecule has 3 heterocycles. The molecule has 0 saturated carbocycles. The Kier molecular flexibility index (Phi) is 6.25. The Morgan fingerprint density at radius 1 is 0.971 bits per heavy atom. The lowest BCUT2D eigenvalue weighted by atomic mass is 10.1. The molecule has 2 N–H and O–H groups in total. The zero-order valence-electron chi connectivity index (χ0n) is 18.4. The number of nitrogens with one attached hydrogen (secondary N) is 2. The number of sulfonamides is 1. The topological polar surface area (TPSA) is 114 Å². The number of imidazole rings is 1. The van der Waals surface area contributed by atoms with E-state index in [0.717, 1.165) is 29.1 Å². The molecule has 2 aromatic carbocycles. The fraction of sp³-hybridized carbons (Fsp3) is 0.125. The Bertz CT molecular complexity index is 1550. The molecule has 0 aliphatic carbocycles. The third kappa shape index (κ3) is 4.91. The molecular weight excluding hydrogens is 471 g/mol. The van der Waals surface area contributed by atoms with E-state index in [9.17, 15) is 12.8 Å². The van der Waals surface area contributed by atoms with Crippen molar-refractivity contribution < 1.29 is 17.2 Å². The van der Waals surface area contributed by atoms with E-state index in [1.807, 2.05) is 34.7 Å². The fourth-order valence-electron chi connectivity index (χ4n) is 3.60. The summed E-state index contributed by atoms with van der Waals surface area (Å²) in [6.45, 7) is 0.636. The summed E-state index contributed by atoms with van der Waals surface area (Å²) < 4.78 is 47.4. The van der Waals surface area contributed by atoms with Crippen molar-refractivity contribution in [2.24, 2.45) is 0 Å². The van der Waals surface area contributed by atoms with E-state index in [1.54, 1.807) is 24.7 Å². The van der Waals surface area contributed by atoms with Crippen molar-refractivity contribution in [2.45, 2.75) is 11.3 Å². The van der Waals surface area contributed by atoms with Gasteiger partial charge in [0.15, 0.2) is 0 Å². The predicted molar refractivity (Wildman–Crippen MR) is 129 cm³/mol. The van der Waals surface area contributed by atoms with E-state index in [2.05, 4.69) is 25.0 Å². The molecule has 5 rings (SSSR count). The monoisotopic (exact) mass is 492 g/mol. The van der Waals surface area contributed by atoms with Gasteiger partial charge in [0.25, 0.3) is 0 Å². The number of benzene rings is 2. The van der Waals surface area contributed by atoms with Crippen LogP contribution in [0.1, 0.15) is 6.42 Å². The number of rotatable bonds is 9. The van der Waals surface area contributed by atoms with Crippen LogP contribution in [0.15, 0.2) is 88.6 Å². The minimum absolute atomic E-state index is 0.0171. The molecule has 9 nitrogen and oxygen atoms in total. The number of oxazole rings is 1. The molecular formula is C24H21FN6O3S. The molecule has 0 aliphatic heterocycles. The van der Waals surface area contributed by atoms with Crippen LogP contribution in [0, 0.1) is 5.82 Å². The molecule has 0 fully saturated rings. The van der Waals surface area contributed by atoms with Gasteiger partial charge >= 0.3 is 5.84 Å². The molecule has 0 aliphatic rings. The first kappa shape index (κ1) is 22.7. The first-order valence-electron chi connectivity index (χ1n) is 10.8. The maximum atomic E-state index is 13.0. The van der Waals surface area contributed by atoms with Gasteiger partial charge in [-0.15, -0.1) is 0 Å². The van der Waals surface area contributed by atoms with Gasteiger partial charge in [-0.1, -0.05) is 30.3 Å². The van der Waals surface area contributed by atoms with Crippen LogP contribution in [0.4, 0.5) is 10.3 Å². The summed E-state index contributed by atoms with van der Waals surface area (Å²) in [5, 5.41) is 3.12. The molecule has 0 radical (unpaired) electrons. The highest BCUT2D eigenvalue weighted by atomic mass is 32.2. The van der Waals surface area contributed by atoms with Gasteiger partial charge in [-0.25, -0.2) is 27.5 Å². The number of halogens is 1. The standard InChI is InChI=1S/C24H21FN6O3S/c25-18-7-9-19(10-8-18)35(32,33)28-13-4-12-26-23-27-14-11-20(29-23)22-21(17-5-2-1-3-6-17)30-24-31(22)15-16-34-24/h1-3,5-11,14-16,28H,4,12-13H2,(H,26,27,29). The van der Waals surface area contributed by atoms with Gasteiger partial charge in [-0.3, -0.25) is 4.40 Å². The minimum atomic E-state index is -3.70. The van der Waals surface area contributed by atoms with E-state index in [-0.39, 0.29) is 11.4 Å². The zero-order chi connectivity index (χ0) is 24.3. The van der Waals surface area contributed by atoms with E-state index >= 15 is 0 Å². The van der Waals surface area contributed by atoms with Crippen molar-refractivity contribution in [1.29, 1.82) is 0 Å². The summed E-state index contributed by atoms with van der Waals surface area (Å²) in [5.74, 6) is 0.373. The van der Waals surface area contributed by atoms with Gasteiger partial charge in [-0.05, 0) is 36.8 Å². The highest BCUT2D eigenvalue weighted by Gasteiger charge is 2.19. The van der Waals surface area contributed by atoms with Crippen molar-refractivity contribution in [3.05, 3.63) is 85.1 Å². The van der Waals surface area contributed by atoms with E-state index in [1.165, 1.54) is 12.1 Å². The SMILES string of the molecule is O=S(=O)(NCCCNc1nccc(-c2c(-c3ccccc3)nc3occn23)n1)c1ccc(F)cc1. The van der Waals surface area contributed by atoms with Crippen molar-refractivity contribution in [3.63, 3.8) is 0 Å². The van der Waals surface area contributed by atoms with Crippen LogP contribution in [0.3, 0.4) is 0 Å². The summed E-state index contributed by atoms with van der Waals surface area (Å²) in [6.07, 6.45) is 5.48. The Labute approximate surface area is 200 Å². The van der Waals surface area contributed by atoms with Crippen LogP contribution in [0.2, 0.25) is 0 Å². The average Bonchev–Trinajstić information content (AvgIpc) is 3.46. The van der Waals surface area contributed by atoms with Crippen molar-refractivity contribution in [3.8, 4) is 22.6 Å². The molecule has 5 aromatic rings. The maximum Gasteiger partial charge on any atom is 0.306 e. The molecule has 0 saturated heterocycles. The molecule has 0 atom stereocenters. The van der Waals surface area contributed by atoms with Gasteiger partial charge in [0.05, 0.1) is 10.6 Å². The second kappa shape index (κ2) is 9.65. The summed E-state index contributed by atoms with van der Waals surface area (Å²) in [6, 6.07) is 16.2. The number of nitrogens with zero attached hydrogens (tertiary/aromatic N) is 4. The van der Waals surface area contributed by atoms with Crippen LogP contribution in [0.5, 0.6) is 0 Å². The molecule has 3 aromatic heterocycles. The minimum Gasteiger partial charge on any atom is -0.432 e. The second-order valence-electron chi connectivity index (χ2n) is 7.63. The van der Waals surface area contributed by atoms with Gasteiger partial charge in [0.2, 0.25) is 16.0 Å². The number of anilines is 1. The lowest BCUT2D eigenvalue weighted by molar-refractivity contribution is 0.579.